The Bertz CT molecular complexity index is 947. The molecule has 1 fully saturated rings. The molecule has 0 unspecified atom stereocenters. The number of benzene rings is 2. The van der Waals surface area contributed by atoms with Crippen LogP contribution >= 0.6 is 0 Å². The molecule has 7 nitrogen and oxygen atoms in total. The van der Waals surface area contributed by atoms with Crippen molar-refractivity contribution in [3.8, 4) is 0 Å². The van der Waals surface area contributed by atoms with Gasteiger partial charge in [-0.05, 0) is 62.6 Å². The summed E-state index contributed by atoms with van der Waals surface area (Å²) >= 11 is 0. The summed E-state index contributed by atoms with van der Waals surface area (Å²) in [7, 11) is 0. The van der Waals surface area contributed by atoms with Gasteiger partial charge in [-0.1, -0.05) is 6.07 Å². The number of rotatable bonds is 4. The maximum absolute atomic E-state index is 13.3. The van der Waals surface area contributed by atoms with Gasteiger partial charge in [0.05, 0.1) is 11.4 Å². The molecule has 152 valence electrons. The van der Waals surface area contributed by atoms with Gasteiger partial charge in [-0.15, -0.1) is 0 Å². The summed E-state index contributed by atoms with van der Waals surface area (Å²) in [4.78, 5) is 38.4. The maximum atomic E-state index is 13.3. The predicted octanol–water partition coefficient (Wildman–Crippen LogP) is 2.88. The lowest BCUT2D eigenvalue weighted by atomic mass is 10.0. The van der Waals surface area contributed by atoms with Gasteiger partial charge in [-0.2, -0.15) is 0 Å². The molecule has 2 aromatic rings. The van der Waals surface area contributed by atoms with Crippen LogP contribution in [0.1, 0.15) is 36.5 Å². The van der Waals surface area contributed by atoms with Crippen LogP contribution in [0.25, 0.3) is 0 Å². The molecule has 0 aromatic heterocycles. The third-order valence-electron chi connectivity index (χ3n) is 4.93. The zero-order valence-corrected chi connectivity index (χ0v) is 16.1. The van der Waals surface area contributed by atoms with Gasteiger partial charge in [-0.25, -0.2) is 4.39 Å². The highest BCUT2D eigenvalue weighted by atomic mass is 19.1. The first-order chi connectivity index (χ1) is 13.8. The van der Waals surface area contributed by atoms with Crippen LogP contribution in [0.5, 0.6) is 0 Å². The zero-order valence-electron chi connectivity index (χ0n) is 16.1. The molecule has 1 atom stereocenters. The summed E-state index contributed by atoms with van der Waals surface area (Å²) in [6, 6.07) is 10.3. The first-order valence-corrected chi connectivity index (χ1v) is 9.43. The molecular formula is C21H23FN4O3. The third-order valence-corrected chi connectivity index (χ3v) is 4.93. The number of hydrogen-bond donors (Lipinski definition) is 3. The molecule has 1 saturated heterocycles. The summed E-state index contributed by atoms with van der Waals surface area (Å²) in [6.07, 6.45) is 3.13. The second kappa shape index (κ2) is 8.72. The molecule has 2 aromatic carbocycles. The van der Waals surface area contributed by atoms with Crippen LogP contribution in [-0.2, 0) is 9.59 Å². The minimum atomic E-state index is -0.947. The van der Waals surface area contributed by atoms with Gasteiger partial charge in [0.25, 0.3) is 0 Å². The van der Waals surface area contributed by atoms with Crippen LogP contribution in [0.4, 0.5) is 21.5 Å². The first kappa shape index (κ1) is 20.3. The Kier molecular flexibility index (Phi) is 6.11. The molecule has 1 aliphatic rings. The van der Waals surface area contributed by atoms with Crippen LogP contribution in [0.3, 0.4) is 0 Å². The van der Waals surface area contributed by atoms with Gasteiger partial charge in [0, 0.05) is 23.8 Å². The van der Waals surface area contributed by atoms with E-state index in [-0.39, 0.29) is 17.3 Å². The number of nitrogens with one attached hydrogen (secondary N) is 2. The first-order valence-electron chi connectivity index (χ1n) is 9.43. The van der Waals surface area contributed by atoms with Crippen LogP contribution in [0.15, 0.2) is 42.5 Å². The summed E-state index contributed by atoms with van der Waals surface area (Å²) in [6.45, 7) is 2.89. The van der Waals surface area contributed by atoms with E-state index in [1.54, 1.807) is 12.1 Å². The molecule has 8 heteroatoms. The number of carbonyl (C=O) groups is 3. The van der Waals surface area contributed by atoms with Crippen molar-refractivity contribution in [1.82, 2.24) is 0 Å². The van der Waals surface area contributed by atoms with Gasteiger partial charge >= 0.3 is 11.8 Å². The molecule has 3 amide bonds. The minimum Gasteiger partial charge on any atom is -0.367 e. The zero-order chi connectivity index (χ0) is 21.0. The quantitative estimate of drug-likeness (QED) is 0.689. The molecule has 0 saturated carbocycles. The van der Waals surface area contributed by atoms with Crippen molar-refractivity contribution in [2.45, 2.75) is 32.2 Å². The summed E-state index contributed by atoms with van der Waals surface area (Å²) in [5.41, 5.74) is 6.80. The number of anilines is 3. The van der Waals surface area contributed by atoms with E-state index in [2.05, 4.69) is 22.5 Å². The van der Waals surface area contributed by atoms with Gasteiger partial charge in [0.2, 0.25) is 5.91 Å². The highest BCUT2D eigenvalue weighted by Gasteiger charge is 2.24. The lowest BCUT2D eigenvalue weighted by molar-refractivity contribution is -0.132. The molecule has 4 N–H and O–H groups in total. The Balaban J connectivity index is 1.83. The Hall–Kier alpha value is -3.42. The molecule has 1 heterocycles. The molecular weight excluding hydrogens is 375 g/mol. The van der Waals surface area contributed by atoms with E-state index >= 15 is 0 Å². The number of carbonyl (C=O) groups excluding carboxylic acids is 3. The fourth-order valence-electron chi connectivity index (χ4n) is 3.43. The third kappa shape index (κ3) is 4.90. The SMILES string of the molecule is C[C@H]1CCCCN1c1ccc(C(N)=O)cc1NC(=O)C(=O)Nc1cccc(F)c1. The van der Waals surface area contributed by atoms with Crippen molar-refractivity contribution in [3.63, 3.8) is 0 Å². The number of halogens is 1. The maximum Gasteiger partial charge on any atom is 0.314 e. The largest absolute Gasteiger partial charge is 0.367 e. The number of nitrogens with two attached hydrogens (primary N) is 1. The monoisotopic (exact) mass is 398 g/mol. The Morgan fingerprint density at radius 3 is 2.52 bits per heavy atom. The number of piperidine rings is 1. The van der Waals surface area contributed by atoms with Crippen LogP contribution < -0.4 is 21.3 Å². The van der Waals surface area contributed by atoms with E-state index in [1.807, 2.05) is 0 Å². The Morgan fingerprint density at radius 1 is 1.07 bits per heavy atom. The summed E-state index contributed by atoms with van der Waals surface area (Å²) in [5.74, 6) is -3.04. The van der Waals surface area contributed by atoms with E-state index in [1.165, 1.54) is 24.3 Å². The second-order valence-electron chi connectivity index (χ2n) is 7.05. The summed E-state index contributed by atoms with van der Waals surface area (Å²) in [5, 5.41) is 4.92. The van der Waals surface area contributed by atoms with E-state index in [9.17, 15) is 18.8 Å². The Labute approximate surface area is 168 Å². The van der Waals surface area contributed by atoms with E-state index in [0.717, 1.165) is 31.9 Å². The minimum absolute atomic E-state index is 0.168. The molecule has 0 spiro atoms. The van der Waals surface area contributed by atoms with Crippen molar-refractivity contribution in [2.75, 3.05) is 22.1 Å². The van der Waals surface area contributed by atoms with Crippen molar-refractivity contribution < 1.29 is 18.8 Å². The van der Waals surface area contributed by atoms with Crippen molar-refractivity contribution >= 4 is 34.8 Å². The number of nitrogens with zero attached hydrogens (tertiary/aromatic N) is 1. The lowest BCUT2D eigenvalue weighted by Gasteiger charge is -2.36. The Morgan fingerprint density at radius 2 is 1.83 bits per heavy atom. The normalized spacial score (nSPS) is 16.2. The summed E-state index contributed by atoms with van der Waals surface area (Å²) < 4.78 is 13.3. The number of hydrogen-bond acceptors (Lipinski definition) is 4. The van der Waals surface area contributed by atoms with Crippen LogP contribution in [0, 0.1) is 5.82 Å². The van der Waals surface area contributed by atoms with Gasteiger partial charge < -0.3 is 21.3 Å². The topological polar surface area (TPSA) is 105 Å². The van der Waals surface area contributed by atoms with Crippen molar-refractivity contribution in [2.24, 2.45) is 5.73 Å². The fraction of sp³-hybridized carbons (Fsp3) is 0.286. The average Bonchev–Trinajstić information content (AvgIpc) is 2.68. The smallest absolute Gasteiger partial charge is 0.314 e. The highest BCUT2D eigenvalue weighted by molar-refractivity contribution is 6.44. The lowest BCUT2D eigenvalue weighted by Crippen LogP contribution is -2.38. The molecule has 3 rings (SSSR count). The molecule has 0 bridgehead atoms. The van der Waals surface area contributed by atoms with Crippen LogP contribution in [-0.4, -0.2) is 30.3 Å². The highest BCUT2D eigenvalue weighted by Crippen LogP contribution is 2.32. The number of amides is 3. The van der Waals surface area contributed by atoms with Crippen molar-refractivity contribution in [1.29, 1.82) is 0 Å². The second-order valence-corrected chi connectivity index (χ2v) is 7.05. The predicted molar refractivity (Wildman–Crippen MR) is 109 cm³/mol. The molecule has 1 aliphatic heterocycles. The molecule has 29 heavy (non-hydrogen) atoms. The van der Waals surface area contributed by atoms with Gasteiger partial charge in [0.1, 0.15) is 5.82 Å². The van der Waals surface area contributed by atoms with Gasteiger partial charge in [0.15, 0.2) is 0 Å². The number of primary amides is 1. The van der Waals surface area contributed by atoms with E-state index in [0.29, 0.717) is 11.4 Å². The average molecular weight is 398 g/mol. The van der Waals surface area contributed by atoms with Gasteiger partial charge in [-0.3, -0.25) is 14.4 Å². The standard InChI is InChI=1S/C21H23FN4O3/c1-13-5-2-3-10-26(13)18-9-8-14(19(23)27)11-17(18)25-21(29)20(28)24-16-7-4-6-15(22)12-16/h4,6-9,11-13H,2-3,5,10H2,1H3,(H2,23,27)(H,24,28)(H,25,29)/t13-/m0/s1. The van der Waals surface area contributed by atoms with Crippen molar-refractivity contribution in [3.05, 3.63) is 53.8 Å². The van der Waals surface area contributed by atoms with Crippen LogP contribution in [0.2, 0.25) is 0 Å². The molecule has 0 radical (unpaired) electrons. The van der Waals surface area contributed by atoms with E-state index in [4.69, 9.17) is 5.73 Å². The fourth-order valence-corrected chi connectivity index (χ4v) is 3.43. The van der Waals surface area contributed by atoms with E-state index < -0.39 is 23.5 Å². The molecule has 0 aliphatic carbocycles.